The number of ketones is 1. The van der Waals surface area contributed by atoms with Crippen molar-refractivity contribution in [2.24, 2.45) is 0 Å². The maximum atomic E-state index is 13.5. The first-order valence-electron chi connectivity index (χ1n) is 14.7. The van der Waals surface area contributed by atoms with E-state index in [2.05, 4.69) is 10.3 Å². The van der Waals surface area contributed by atoms with Gasteiger partial charge in [0, 0.05) is 50.4 Å². The minimum Gasteiger partial charge on any atom is -0.447 e. The molecule has 3 N–H and O–H groups in total. The summed E-state index contributed by atoms with van der Waals surface area (Å²) >= 11 is 0. The molecule has 3 aromatic carbocycles. The Morgan fingerprint density at radius 3 is 2.19 bits per heavy atom. The molecule has 0 saturated carbocycles. The standard InChI is InChI=1S/C33H42N4O5/c38-22-20-35(21-23-39)26-27-13-15-29(16-14-27)32(40)25-34-17-24-42-33(41)37(36-18-7-2-8-19-36)31-12-6-5-11-30(31)28-9-3-1-4-10-28/h1,3-6,9-16,34,38-39H,2,7-8,17-26H2. The topological polar surface area (TPSA) is 106 Å². The summed E-state index contributed by atoms with van der Waals surface area (Å²) in [5.41, 5.74) is 4.37. The number of hydrogen-bond donors (Lipinski definition) is 3. The number of carbonyl (C=O) groups excluding carboxylic acids is 2. The van der Waals surface area contributed by atoms with Gasteiger partial charge in [-0.2, -0.15) is 0 Å². The summed E-state index contributed by atoms with van der Waals surface area (Å²) in [7, 11) is 0. The lowest BCUT2D eigenvalue weighted by Crippen LogP contribution is -2.50. The molecule has 0 unspecified atom stereocenters. The van der Waals surface area contributed by atoms with Crippen LogP contribution in [0.1, 0.15) is 35.2 Å². The predicted molar refractivity (Wildman–Crippen MR) is 164 cm³/mol. The number of nitrogens with zero attached hydrogens (tertiary/aromatic N) is 3. The Morgan fingerprint density at radius 1 is 0.833 bits per heavy atom. The van der Waals surface area contributed by atoms with Gasteiger partial charge >= 0.3 is 6.09 Å². The third-order valence-corrected chi connectivity index (χ3v) is 7.31. The van der Waals surface area contributed by atoms with Crippen molar-refractivity contribution < 1.29 is 24.5 Å². The van der Waals surface area contributed by atoms with Crippen LogP contribution in [0.25, 0.3) is 11.1 Å². The molecule has 0 atom stereocenters. The quantitative estimate of drug-likeness (QED) is 0.185. The van der Waals surface area contributed by atoms with Crippen LogP contribution in [-0.2, 0) is 11.3 Å². The van der Waals surface area contributed by atoms with E-state index in [9.17, 15) is 19.8 Å². The van der Waals surface area contributed by atoms with Gasteiger partial charge in [0.15, 0.2) is 5.78 Å². The van der Waals surface area contributed by atoms with Gasteiger partial charge in [0.25, 0.3) is 0 Å². The van der Waals surface area contributed by atoms with E-state index in [0.717, 1.165) is 54.7 Å². The fourth-order valence-electron chi connectivity index (χ4n) is 5.15. The molecule has 1 heterocycles. The fraction of sp³-hybridized carbons (Fsp3) is 0.394. The van der Waals surface area contributed by atoms with Crippen molar-refractivity contribution in [3.8, 4) is 11.1 Å². The van der Waals surface area contributed by atoms with Crippen molar-refractivity contribution in [3.63, 3.8) is 0 Å². The summed E-state index contributed by atoms with van der Waals surface area (Å²) in [4.78, 5) is 28.1. The van der Waals surface area contributed by atoms with E-state index in [-0.39, 0.29) is 32.1 Å². The molecule has 9 heteroatoms. The highest BCUT2D eigenvalue weighted by Crippen LogP contribution is 2.33. The van der Waals surface area contributed by atoms with Crippen LogP contribution >= 0.6 is 0 Å². The zero-order chi connectivity index (χ0) is 29.6. The smallest absolute Gasteiger partial charge is 0.429 e. The van der Waals surface area contributed by atoms with E-state index in [4.69, 9.17) is 4.74 Å². The van der Waals surface area contributed by atoms with Gasteiger partial charge in [-0.15, -0.1) is 0 Å². The van der Waals surface area contributed by atoms with Crippen LogP contribution in [0.5, 0.6) is 0 Å². The molecule has 1 fully saturated rings. The SMILES string of the molecule is O=C(CNCCOC(=O)N(c1ccccc1-c1ccccc1)N1CCCCC1)c1ccc(CN(CCO)CCO)cc1. The number of hydrazine groups is 1. The number of nitrogens with one attached hydrogen (secondary N) is 1. The molecule has 1 aliphatic heterocycles. The number of rotatable bonds is 15. The molecule has 1 amide bonds. The molecule has 9 nitrogen and oxygen atoms in total. The first-order chi connectivity index (χ1) is 20.6. The third-order valence-electron chi connectivity index (χ3n) is 7.31. The first-order valence-corrected chi connectivity index (χ1v) is 14.7. The zero-order valence-corrected chi connectivity index (χ0v) is 24.2. The molecule has 1 saturated heterocycles. The zero-order valence-electron chi connectivity index (χ0n) is 24.2. The summed E-state index contributed by atoms with van der Waals surface area (Å²) in [6.45, 7) is 3.76. The highest BCUT2D eigenvalue weighted by atomic mass is 16.6. The van der Waals surface area contributed by atoms with Gasteiger partial charge in [0.2, 0.25) is 0 Å². The summed E-state index contributed by atoms with van der Waals surface area (Å²) in [5.74, 6) is -0.0535. The molecule has 1 aliphatic rings. The number of aliphatic hydroxyl groups is 2. The molecule has 0 radical (unpaired) electrons. The number of amides is 1. The molecular weight excluding hydrogens is 532 g/mol. The van der Waals surface area contributed by atoms with Crippen LogP contribution in [0.15, 0.2) is 78.9 Å². The third kappa shape index (κ3) is 8.95. The summed E-state index contributed by atoms with van der Waals surface area (Å²) in [5, 5.41) is 25.2. The first kappa shape index (κ1) is 31.3. The Morgan fingerprint density at radius 2 is 1.50 bits per heavy atom. The summed E-state index contributed by atoms with van der Waals surface area (Å²) in [6, 6.07) is 25.3. The van der Waals surface area contributed by atoms with Crippen LogP contribution in [0.4, 0.5) is 10.5 Å². The van der Waals surface area contributed by atoms with Crippen molar-refractivity contribution >= 4 is 17.6 Å². The fourth-order valence-corrected chi connectivity index (χ4v) is 5.15. The van der Waals surface area contributed by atoms with Crippen molar-refractivity contribution in [2.45, 2.75) is 25.8 Å². The number of hydrogen-bond acceptors (Lipinski definition) is 8. The Hall–Kier alpha value is -3.60. The van der Waals surface area contributed by atoms with Gasteiger partial charge in [-0.25, -0.2) is 14.8 Å². The monoisotopic (exact) mass is 574 g/mol. The number of piperidine rings is 1. The second-order valence-corrected chi connectivity index (χ2v) is 10.3. The van der Waals surface area contributed by atoms with Crippen LogP contribution in [0, 0.1) is 0 Å². The van der Waals surface area contributed by atoms with Crippen molar-refractivity contribution in [2.75, 3.05) is 64.1 Å². The van der Waals surface area contributed by atoms with E-state index in [0.29, 0.717) is 31.7 Å². The number of Topliss-reactive ketones (excluding diaryl/α,β-unsaturated/α-hetero) is 1. The van der Waals surface area contributed by atoms with E-state index in [1.165, 1.54) is 0 Å². The number of anilines is 1. The molecular formula is C33H42N4O5. The maximum absolute atomic E-state index is 13.5. The van der Waals surface area contributed by atoms with Gasteiger partial charge in [0.1, 0.15) is 6.61 Å². The Bertz CT molecular complexity index is 1240. The average molecular weight is 575 g/mol. The number of ether oxygens (including phenoxy) is 1. The molecule has 0 aliphatic carbocycles. The molecule has 224 valence electrons. The van der Waals surface area contributed by atoms with E-state index in [1.54, 1.807) is 17.1 Å². The largest absolute Gasteiger partial charge is 0.447 e. The predicted octanol–water partition coefficient (Wildman–Crippen LogP) is 3.96. The van der Waals surface area contributed by atoms with Crippen LogP contribution in [0.2, 0.25) is 0 Å². The Kier molecular flexibility index (Phi) is 12.5. The number of carbonyl (C=O) groups is 2. The Labute approximate surface area is 248 Å². The van der Waals surface area contributed by atoms with Gasteiger partial charge in [0.05, 0.1) is 25.4 Å². The van der Waals surface area contributed by atoms with Gasteiger partial charge < -0.3 is 20.3 Å². The van der Waals surface area contributed by atoms with Gasteiger partial charge in [-0.1, -0.05) is 79.2 Å². The molecule has 4 rings (SSSR count). The molecule has 0 bridgehead atoms. The summed E-state index contributed by atoms with van der Waals surface area (Å²) < 4.78 is 5.71. The second-order valence-electron chi connectivity index (χ2n) is 10.3. The number of aliphatic hydroxyl groups excluding tert-OH is 2. The molecule has 42 heavy (non-hydrogen) atoms. The molecule has 0 spiro atoms. The lowest BCUT2D eigenvalue weighted by atomic mass is 10.0. The normalized spacial score (nSPS) is 13.7. The van der Waals surface area contributed by atoms with Crippen LogP contribution < -0.4 is 10.3 Å². The van der Waals surface area contributed by atoms with Crippen molar-refractivity contribution in [3.05, 3.63) is 90.0 Å². The average Bonchev–Trinajstić information content (AvgIpc) is 3.03. The van der Waals surface area contributed by atoms with E-state index >= 15 is 0 Å². The number of para-hydroxylation sites is 1. The second kappa shape index (κ2) is 16.7. The molecule has 0 aromatic heterocycles. The lowest BCUT2D eigenvalue weighted by molar-refractivity contribution is 0.0986. The van der Waals surface area contributed by atoms with Crippen molar-refractivity contribution in [1.82, 2.24) is 15.2 Å². The van der Waals surface area contributed by atoms with Crippen LogP contribution in [0.3, 0.4) is 0 Å². The highest BCUT2D eigenvalue weighted by molar-refractivity contribution is 5.97. The van der Waals surface area contributed by atoms with E-state index < -0.39 is 6.09 Å². The number of benzene rings is 3. The van der Waals surface area contributed by atoms with E-state index in [1.807, 2.05) is 71.6 Å². The van der Waals surface area contributed by atoms with Crippen LogP contribution in [-0.4, -0.2) is 91.1 Å². The highest BCUT2D eigenvalue weighted by Gasteiger charge is 2.28. The van der Waals surface area contributed by atoms with Crippen molar-refractivity contribution in [1.29, 1.82) is 0 Å². The lowest BCUT2D eigenvalue weighted by Gasteiger charge is -2.37. The Balaban J connectivity index is 1.31. The van der Waals surface area contributed by atoms with Gasteiger partial charge in [-0.05, 0) is 30.0 Å². The maximum Gasteiger partial charge on any atom is 0.429 e. The minimum atomic E-state index is -0.430. The molecule has 3 aromatic rings. The summed E-state index contributed by atoms with van der Waals surface area (Å²) in [6.07, 6.45) is 2.75. The minimum absolute atomic E-state index is 0.0226. The van der Waals surface area contributed by atoms with Gasteiger partial charge in [-0.3, -0.25) is 9.69 Å².